The zero-order valence-corrected chi connectivity index (χ0v) is 32.1. The van der Waals surface area contributed by atoms with Crippen molar-refractivity contribution in [3.05, 3.63) is 78.3 Å². The monoisotopic (exact) mass is 853 g/mol. The lowest BCUT2D eigenvalue weighted by Crippen LogP contribution is -2.35. The lowest BCUT2D eigenvalue weighted by Gasteiger charge is -2.31. The maximum Gasteiger partial charge on any atom is 0.333 e. The summed E-state index contributed by atoms with van der Waals surface area (Å²) in [6.45, 7) is 8.06. The molecule has 4 aromatic heterocycles. The van der Waals surface area contributed by atoms with Gasteiger partial charge in [-0.1, -0.05) is 18.2 Å². The van der Waals surface area contributed by atoms with Gasteiger partial charge in [0.2, 0.25) is 21.9 Å². The first-order valence-corrected chi connectivity index (χ1v) is 20.0. The first-order chi connectivity index (χ1) is 28.7. The molecule has 0 spiro atoms. The summed E-state index contributed by atoms with van der Waals surface area (Å²) in [7, 11) is -6.91. The van der Waals surface area contributed by atoms with Crippen LogP contribution in [0.5, 0.6) is 0 Å². The van der Waals surface area contributed by atoms with Crippen LogP contribution < -0.4 is 5.32 Å². The smallest absolute Gasteiger partial charge is 0.333 e. The van der Waals surface area contributed by atoms with Gasteiger partial charge < -0.3 is 33.2 Å². The van der Waals surface area contributed by atoms with E-state index in [1.165, 1.54) is 34.4 Å². The lowest BCUT2D eigenvalue weighted by atomic mass is 10.1. The topological polar surface area (TPSA) is 218 Å². The first kappa shape index (κ1) is 41.0. The molecule has 8 rings (SSSR count). The molecule has 0 radical (unpaired) electrons. The molecular formula is C34H36BF2N11O9P2. The third-order valence-electron chi connectivity index (χ3n) is 9.16. The Morgan fingerprint density at radius 2 is 1.73 bits per heavy atom. The van der Waals surface area contributed by atoms with Crippen LogP contribution in [0.3, 0.4) is 0 Å². The fraction of sp³-hybridized carbons (Fsp3) is 0.441. The Morgan fingerprint density at radius 1 is 1.00 bits per heavy atom. The number of alkyl halides is 2. The quantitative estimate of drug-likeness (QED) is 0.0918. The van der Waals surface area contributed by atoms with Gasteiger partial charge >= 0.3 is 8.60 Å². The Hall–Kier alpha value is -4.77. The SMILES string of the molecule is [BH3-][P+]1(OCC[N+]#[C-])OC[C@H]2O[C@@H](n3cnc4c(C)ncnc43)[C@H](F)[C@@H]2OP(OCCC#N)OC[C@H]2O[C@@H](n3cnc4c(NC(=O)c5ccccc5)ncnc43)[C@H](O1)C2F. The number of fused-ring (bicyclic) bond motifs is 5. The predicted octanol–water partition coefficient (Wildman–Crippen LogP) is 3.65. The van der Waals surface area contributed by atoms with Crippen molar-refractivity contribution >= 4 is 58.0 Å². The number of imidazole rings is 2. The number of nitrogens with one attached hydrogen (secondary N) is 1. The zero-order chi connectivity index (χ0) is 41.1. The molecular weight excluding hydrogens is 817 g/mol. The fourth-order valence-electron chi connectivity index (χ4n) is 6.39. The van der Waals surface area contributed by atoms with Gasteiger partial charge in [0, 0.05) is 5.56 Å². The van der Waals surface area contributed by atoms with Gasteiger partial charge in [-0.15, -0.1) is 0 Å². The van der Waals surface area contributed by atoms with Crippen LogP contribution in [-0.2, 0) is 36.6 Å². The van der Waals surface area contributed by atoms with Crippen molar-refractivity contribution in [3.63, 3.8) is 0 Å². The van der Waals surface area contributed by atoms with E-state index >= 15 is 8.78 Å². The van der Waals surface area contributed by atoms with Gasteiger partial charge in [-0.3, -0.25) is 13.9 Å². The molecule has 0 saturated carbocycles. The summed E-state index contributed by atoms with van der Waals surface area (Å²) >= 11 is 0. The Kier molecular flexibility index (Phi) is 12.4. The Morgan fingerprint density at radius 3 is 2.51 bits per heavy atom. The van der Waals surface area contributed by atoms with Crippen molar-refractivity contribution in [1.82, 2.24) is 39.0 Å². The van der Waals surface area contributed by atoms with Crippen LogP contribution in [-0.4, -0.2) is 122 Å². The number of benzene rings is 1. The van der Waals surface area contributed by atoms with Crippen LogP contribution in [0.1, 0.15) is 34.9 Å². The van der Waals surface area contributed by atoms with Crippen LogP contribution in [0.25, 0.3) is 27.2 Å². The number of hydrogen-bond donors (Lipinski definition) is 1. The molecule has 10 atom stereocenters. The molecule has 7 heterocycles. The summed E-state index contributed by atoms with van der Waals surface area (Å²) in [6.07, 6.45) is -6.10. The number of aryl methyl sites for hydroxylation is 1. The van der Waals surface area contributed by atoms with Crippen molar-refractivity contribution in [2.24, 2.45) is 0 Å². The predicted molar refractivity (Wildman–Crippen MR) is 206 cm³/mol. The van der Waals surface area contributed by atoms with E-state index in [0.29, 0.717) is 22.4 Å². The molecule has 3 saturated heterocycles. The average molecular weight is 853 g/mol. The number of carbonyl (C=O) groups is 1. The maximum atomic E-state index is 16.8. The minimum Gasteiger partial charge on any atom is -0.346 e. The third-order valence-corrected chi connectivity index (χ3v) is 11.5. The fourth-order valence-corrected chi connectivity index (χ4v) is 8.66. The Bertz CT molecular complexity index is 2380. The first-order valence-electron chi connectivity index (χ1n) is 17.8. The van der Waals surface area contributed by atoms with E-state index in [0.717, 1.165) is 0 Å². The molecule has 308 valence electrons. The molecule has 25 heteroatoms. The standard InChI is InChI=1S/C34H36BF2N11O9P2/c1-19-25-30(42-15-40-19)47(17-44-25)33-24(37)27-22(55-33)14-53-59(35,52-12-10-39-2)57-28-23(36)21(13-51-58(56-27)50-11-6-9-38)54-34(28)48-18-45-26-29(41-16-43-31(26)48)46-32(49)20-7-4-3-5-8-20/h3-5,7-8,15-18,21-24,27-28,33-34H,6,10-14H2,1,35H3,(H,41,43,46,49)/t21-,22-,23?,24-,27-,28-,33-,34-,58?,59?/m1/s1. The summed E-state index contributed by atoms with van der Waals surface area (Å²) in [5.74, 6) is -0.321. The van der Waals surface area contributed by atoms with Gasteiger partial charge in [-0.05, 0) is 19.1 Å². The molecule has 5 aromatic rings. The number of carbonyl (C=O) groups excluding carboxylic acids is 1. The van der Waals surface area contributed by atoms with Gasteiger partial charge in [-0.2, -0.15) is 5.26 Å². The van der Waals surface area contributed by atoms with Crippen LogP contribution in [0.4, 0.5) is 14.6 Å². The van der Waals surface area contributed by atoms with Crippen molar-refractivity contribution in [1.29, 1.82) is 5.26 Å². The van der Waals surface area contributed by atoms with E-state index in [-0.39, 0.29) is 49.8 Å². The van der Waals surface area contributed by atoms with Crippen molar-refractivity contribution < 1.29 is 50.2 Å². The number of halogens is 2. The van der Waals surface area contributed by atoms with Crippen LogP contribution in [0.2, 0.25) is 0 Å². The van der Waals surface area contributed by atoms with Crippen molar-refractivity contribution in [3.8, 4) is 6.07 Å². The van der Waals surface area contributed by atoms with Gasteiger partial charge in [0.15, 0.2) is 60.1 Å². The number of nitrogens with zero attached hydrogens (tertiary/aromatic N) is 10. The number of rotatable bonds is 10. The van der Waals surface area contributed by atoms with E-state index in [1.54, 1.807) is 37.3 Å². The molecule has 0 aliphatic carbocycles. The van der Waals surface area contributed by atoms with Gasteiger partial charge in [0.1, 0.15) is 43.1 Å². The zero-order valence-electron chi connectivity index (χ0n) is 30.4. The van der Waals surface area contributed by atoms with Crippen LogP contribution >= 0.6 is 16.4 Å². The number of nitriles is 1. The number of anilines is 1. The third kappa shape index (κ3) is 8.50. The second-order valence-electron chi connectivity index (χ2n) is 12.8. The van der Waals surface area contributed by atoms with E-state index < -0.39 is 85.7 Å². The second-order valence-corrected chi connectivity index (χ2v) is 15.2. The summed E-state index contributed by atoms with van der Waals surface area (Å²) in [5.41, 5.74) is 2.16. The van der Waals surface area contributed by atoms with E-state index in [4.69, 9.17) is 43.2 Å². The number of aromatic nitrogens is 8. The summed E-state index contributed by atoms with van der Waals surface area (Å²) < 4.78 is 86.2. The highest BCUT2D eigenvalue weighted by molar-refractivity contribution is 7.85. The molecule has 1 amide bonds. The number of amides is 1. The van der Waals surface area contributed by atoms with Crippen LogP contribution in [0, 0.1) is 24.8 Å². The molecule has 3 aliphatic rings. The maximum absolute atomic E-state index is 16.8. The number of hydrogen-bond acceptors (Lipinski definition) is 16. The van der Waals surface area contributed by atoms with Gasteiger partial charge in [0.05, 0.1) is 44.1 Å². The molecule has 1 aromatic carbocycles. The van der Waals surface area contributed by atoms with Crippen molar-refractivity contribution in [2.45, 2.75) is 62.6 Å². The highest BCUT2D eigenvalue weighted by atomic mass is 31.2. The minimum absolute atomic E-state index is 0.0269. The minimum atomic E-state index is -3.37. The highest BCUT2D eigenvalue weighted by Gasteiger charge is 2.56. The summed E-state index contributed by atoms with van der Waals surface area (Å²) in [6, 6.07) is 10.5. The molecule has 3 fully saturated rings. The average Bonchev–Trinajstić information content (AvgIpc) is 4.01. The Balaban J connectivity index is 1.12. The molecule has 3 unspecified atom stereocenters. The van der Waals surface area contributed by atoms with Crippen LogP contribution in [0.15, 0.2) is 55.6 Å². The lowest BCUT2D eigenvalue weighted by molar-refractivity contribution is -0.0628. The van der Waals surface area contributed by atoms with Gasteiger partial charge in [-0.25, -0.2) is 58.8 Å². The molecule has 20 nitrogen and oxygen atoms in total. The Labute approximate surface area is 337 Å². The molecule has 1 N–H and O–H groups in total. The summed E-state index contributed by atoms with van der Waals surface area (Å²) in [4.78, 5) is 42.3. The normalized spacial score (nSPS) is 29.8. The van der Waals surface area contributed by atoms with Gasteiger partial charge in [0.25, 0.3) is 5.91 Å². The summed E-state index contributed by atoms with van der Waals surface area (Å²) in [5, 5.41) is 12.0. The number of ether oxygens (including phenoxy) is 2. The molecule has 59 heavy (non-hydrogen) atoms. The largest absolute Gasteiger partial charge is 0.346 e. The molecule has 2 bridgehead atoms. The highest BCUT2D eigenvalue weighted by Crippen LogP contribution is 2.62. The van der Waals surface area contributed by atoms with E-state index in [2.05, 4.69) is 40.1 Å². The second kappa shape index (κ2) is 17.8. The van der Waals surface area contributed by atoms with E-state index in [9.17, 15) is 10.1 Å². The van der Waals surface area contributed by atoms with E-state index in [1.807, 2.05) is 6.07 Å². The van der Waals surface area contributed by atoms with Crippen molar-refractivity contribution in [2.75, 3.05) is 38.3 Å². The molecule has 3 aliphatic heterocycles.